The quantitative estimate of drug-likeness (QED) is 0.485. The summed E-state index contributed by atoms with van der Waals surface area (Å²) >= 11 is 0. The van der Waals surface area contributed by atoms with Crippen molar-refractivity contribution in [2.75, 3.05) is 23.7 Å². The minimum Gasteiger partial charge on any atom is -0.364 e. The number of nitrogens with one attached hydrogen (secondary N) is 3. The Morgan fingerprint density at radius 1 is 1.33 bits per heavy atom. The van der Waals surface area contributed by atoms with E-state index < -0.39 is 4.92 Å². The second-order valence-electron chi connectivity index (χ2n) is 4.68. The number of carbonyl (C=O) groups is 1. The lowest BCUT2D eigenvalue weighted by atomic mass is 10.3. The topological polar surface area (TPSA) is 122 Å². The fraction of sp³-hybridized carbons (Fsp3) is 0.583. The van der Waals surface area contributed by atoms with E-state index in [1.54, 1.807) is 0 Å². The number of amides is 1. The first-order valence-electron chi connectivity index (χ1n) is 6.72. The maximum absolute atomic E-state index is 11.6. The van der Waals surface area contributed by atoms with Crippen LogP contribution in [0.4, 0.5) is 17.3 Å². The number of carbonyl (C=O) groups excluding carboxylic acids is 1. The summed E-state index contributed by atoms with van der Waals surface area (Å²) in [5, 5.41) is 19.4. The van der Waals surface area contributed by atoms with Gasteiger partial charge in [0, 0.05) is 12.6 Å². The summed E-state index contributed by atoms with van der Waals surface area (Å²) in [5.74, 6) is -0.0999. The molecule has 0 aliphatic rings. The molecule has 0 aliphatic heterocycles. The molecule has 1 amide bonds. The minimum absolute atomic E-state index is 0.00136. The second kappa shape index (κ2) is 7.98. The molecule has 116 valence electrons. The summed E-state index contributed by atoms with van der Waals surface area (Å²) in [7, 11) is 0. The monoisotopic (exact) mass is 296 g/mol. The van der Waals surface area contributed by atoms with E-state index in [1.165, 1.54) is 6.33 Å². The first-order valence-corrected chi connectivity index (χ1v) is 6.72. The number of aromatic nitrogens is 2. The van der Waals surface area contributed by atoms with Crippen LogP contribution < -0.4 is 16.0 Å². The first-order chi connectivity index (χ1) is 9.95. The zero-order chi connectivity index (χ0) is 15.8. The minimum atomic E-state index is -0.569. The normalized spacial score (nSPS) is 10.3. The molecule has 0 bridgehead atoms. The van der Waals surface area contributed by atoms with Crippen LogP contribution in [0.25, 0.3) is 0 Å². The van der Waals surface area contributed by atoms with Crippen molar-refractivity contribution in [1.82, 2.24) is 15.3 Å². The van der Waals surface area contributed by atoms with Crippen molar-refractivity contribution in [3.05, 3.63) is 16.4 Å². The Bertz CT molecular complexity index is 506. The molecule has 0 saturated heterocycles. The standard InChI is InChI=1S/C12H20N6O3/c1-4-5-13-11-10(18(20)21)12(16-7-15-11)14-6-9(19)17-8(2)3/h7-8H,4-6H2,1-3H3,(H,17,19)(H2,13,14,15,16). The molecule has 9 nitrogen and oxygen atoms in total. The largest absolute Gasteiger partial charge is 0.364 e. The highest BCUT2D eigenvalue weighted by Gasteiger charge is 2.22. The van der Waals surface area contributed by atoms with E-state index in [0.29, 0.717) is 6.54 Å². The third kappa shape index (κ3) is 5.21. The highest BCUT2D eigenvalue weighted by Crippen LogP contribution is 2.28. The van der Waals surface area contributed by atoms with Gasteiger partial charge in [-0.05, 0) is 20.3 Å². The van der Waals surface area contributed by atoms with Crippen molar-refractivity contribution >= 4 is 23.2 Å². The van der Waals surface area contributed by atoms with Crippen molar-refractivity contribution in [1.29, 1.82) is 0 Å². The molecule has 0 saturated carbocycles. The smallest absolute Gasteiger partial charge is 0.353 e. The van der Waals surface area contributed by atoms with E-state index in [9.17, 15) is 14.9 Å². The molecule has 0 fully saturated rings. The number of nitro groups is 1. The number of hydrogen-bond donors (Lipinski definition) is 3. The summed E-state index contributed by atoms with van der Waals surface area (Å²) in [4.78, 5) is 29.9. The van der Waals surface area contributed by atoms with Crippen LogP contribution in [0.3, 0.4) is 0 Å². The molecule has 21 heavy (non-hydrogen) atoms. The lowest BCUT2D eigenvalue weighted by Crippen LogP contribution is -2.35. The molecule has 0 aliphatic carbocycles. The van der Waals surface area contributed by atoms with Gasteiger partial charge in [0.2, 0.25) is 17.5 Å². The summed E-state index contributed by atoms with van der Waals surface area (Å²) in [6, 6.07) is 0.00136. The Morgan fingerprint density at radius 3 is 2.48 bits per heavy atom. The number of hydrogen-bond acceptors (Lipinski definition) is 7. The summed E-state index contributed by atoms with van der Waals surface area (Å²) in [6.07, 6.45) is 2.02. The number of nitrogens with zero attached hydrogens (tertiary/aromatic N) is 3. The zero-order valence-electron chi connectivity index (χ0n) is 12.3. The Balaban J connectivity index is 2.85. The van der Waals surface area contributed by atoms with E-state index in [1.807, 2.05) is 20.8 Å². The fourth-order valence-corrected chi connectivity index (χ4v) is 1.59. The molecule has 0 atom stereocenters. The molecular weight excluding hydrogens is 276 g/mol. The van der Waals surface area contributed by atoms with Crippen LogP contribution in [-0.4, -0.2) is 39.9 Å². The van der Waals surface area contributed by atoms with Crippen LogP contribution in [0, 0.1) is 10.1 Å². The van der Waals surface area contributed by atoms with Gasteiger partial charge in [0.05, 0.1) is 11.5 Å². The molecular formula is C12H20N6O3. The van der Waals surface area contributed by atoms with E-state index in [4.69, 9.17) is 0 Å². The lowest BCUT2D eigenvalue weighted by molar-refractivity contribution is -0.383. The van der Waals surface area contributed by atoms with Gasteiger partial charge in [-0.3, -0.25) is 14.9 Å². The first kappa shape index (κ1) is 16.6. The van der Waals surface area contributed by atoms with Gasteiger partial charge in [0.15, 0.2) is 0 Å². The highest BCUT2D eigenvalue weighted by atomic mass is 16.6. The van der Waals surface area contributed by atoms with Gasteiger partial charge in [-0.1, -0.05) is 6.92 Å². The predicted octanol–water partition coefficient (Wildman–Crippen LogP) is 1.14. The Hall–Kier alpha value is -2.45. The van der Waals surface area contributed by atoms with Gasteiger partial charge in [-0.2, -0.15) is 0 Å². The van der Waals surface area contributed by atoms with Gasteiger partial charge in [0.25, 0.3) is 0 Å². The molecule has 3 N–H and O–H groups in total. The van der Waals surface area contributed by atoms with Crippen LogP contribution in [0.5, 0.6) is 0 Å². The van der Waals surface area contributed by atoms with Crippen molar-refractivity contribution < 1.29 is 9.72 Å². The molecule has 0 spiro atoms. The predicted molar refractivity (Wildman–Crippen MR) is 79.2 cm³/mol. The average molecular weight is 296 g/mol. The second-order valence-corrected chi connectivity index (χ2v) is 4.68. The number of rotatable bonds is 8. The molecule has 1 aromatic rings. The maximum Gasteiger partial charge on any atom is 0.353 e. The van der Waals surface area contributed by atoms with Crippen LogP contribution in [0.15, 0.2) is 6.33 Å². The van der Waals surface area contributed by atoms with Gasteiger partial charge >= 0.3 is 5.69 Å². The lowest BCUT2D eigenvalue weighted by Gasteiger charge is -2.11. The van der Waals surface area contributed by atoms with E-state index in [-0.39, 0.29) is 35.8 Å². The summed E-state index contributed by atoms with van der Waals surface area (Å²) in [6.45, 7) is 6.07. The molecule has 0 unspecified atom stereocenters. The van der Waals surface area contributed by atoms with Gasteiger partial charge in [-0.25, -0.2) is 9.97 Å². The van der Waals surface area contributed by atoms with Gasteiger partial charge < -0.3 is 16.0 Å². The van der Waals surface area contributed by atoms with Crippen LogP contribution in [0.1, 0.15) is 27.2 Å². The van der Waals surface area contributed by atoms with Crippen LogP contribution in [-0.2, 0) is 4.79 Å². The Labute approximate surface area is 122 Å². The van der Waals surface area contributed by atoms with Crippen LogP contribution >= 0.6 is 0 Å². The summed E-state index contributed by atoms with van der Waals surface area (Å²) in [5.41, 5.74) is -0.261. The SMILES string of the molecule is CCCNc1ncnc(NCC(=O)NC(C)C)c1[N+](=O)[O-]. The molecule has 1 heterocycles. The maximum atomic E-state index is 11.6. The Morgan fingerprint density at radius 2 is 1.95 bits per heavy atom. The highest BCUT2D eigenvalue weighted by molar-refractivity contribution is 5.82. The van der Waals surface area contributed by atoms with Gasteiger partial charge in [-0.15, -0.1) is 0 Å². The zero-order valence-corrected chi connectivity index (χ0v) is 12.3. The molecule has 1 rings (SSSR count). The third-order valence-electron chi connectivity index (χ3n) is 2.41. The van der Waals surface area contributed by atoms with Crippen molar-refractivity contribution in [3.8, 4) is 0 Å². The fourth-order valence-electron chi connectivity index (χ4n) is 1.59. The average Bonchev–Trinajstić information content (AvgIpc) is 2.41. The molecule has 0 radical (unpaired) electrons. The van der Waals surface area contributed by atoms with E-state index >= 15 is 0 Å². The molecule has 0 aromatic carbocycles. The van der Waals surface area contributed by atoms with E-state index in [2.05, 4.69) is 25.9 Å². The van der Waals surface area contributed by atoms with Gasteiger partial charge in [0.1, 0.15) is 6.33 Å². The molecule has 1 aromatic heterocycles. The van der Waals surface area contributed by atoms with Crippen molar-refractivity contribution in [3.63, 3.8) is 0 Å². The van der Waals surface area contributed by atoms with Crippen LogP contribution in [0.2, 0.25) is 0 Å². The number of anilines is 2. The van der Waals surface area contributed by atoms with Crippen molar-refractivity contribution in [2.24, 2.45) is 0 Å². The Kier molecular flexibility index (Phi) is 6.31. The third-order valence-corrected chi connectivity index (χ3v) is 2.41. The van der Waals surface area contributed by atoms with Crippen molar-refractivity contribution in [2.45, 2.75) is 33.2 Å². The molecule has 9 heteroatoms. The van der Waals surface area contributed by atoms with E-state index in [0.717, 1.165) is 6.42 Å². The summed E-state index contributed by atoms with van der Waals surface area (Å²) < 4.78 is 0.